The van der Waals surface area contributed by atoms with E-state index in [1.54, 1.807) is 0 Å². The fourth-order valence-electron chi connectivity index (χ4n) is 2.45. The van der Waals surface area contributed by atoms with Crippen LogP contribution >= 0.6 is 0 Å². The Morgan fingerprint density at radius 3 is 2.35 bits per heavy atom. The summed E-state index contributed by atoms with van der Waals surface area (Å²) in [6, 6.07) is 9.91. The van der Waals surface area contributed by atoms with E-state index in [9.17, 15) is 4.79 Å². The van der Waals surface area contributed by atoms with E-state index < -0.39 is 0 Å². The van der Waals surface area contributed by atoms with E-state index in [2.05, 4.69) is 18.7 Å². The number of benzene rings is 1. The Bertz CT molecular complexity index is 426. The van der Waals surface area contributed by atoms with Gasteiger partial charge in [0.25, 0.3) is 0 Å². The average molecular weight is 275 g/mol. The lowest BCUT2D eigenvalue weighted by Gasteiger charge is -2.34. The highest BCUT2D eigenvalue weighted by molar-refractivity contribution is 5.73. The zero-order valence-corrected chi connectivity index (χ0v) is 12.7. The maximum Gasteiger partial charge on any atom is 0.311 e. The van der Waals surface area contributed by atoms with Gasteiger partial charge in [-0.05, 0) is 37.9 Å². The van der Waals surface area contributed by atoms with Crippen LogP contribution in [-0.4, -0.2) is 30.5 Å². The quantitative estimate of drug-likeness (QED) is 0.746. The summed E-state index contributed by atoms with van der Waals surface area (Å²) < 4.78 is 5.66. The van der Waals surface area contributed by atoms with E-state index in [-0.39, 0.29) is 18.0 Å². The molecule has 3 nitrogen and oxygen atoms in total. The van der Waals surface area contributed by atoms with Gasteiger partial charge in [0.1, 0.15) is 6.10 Å². The summed E-state index contributed by atoms with van der Waals surface area (Å²) in [4.78, 5) is 14.7. The molecule has 1 aromatic rings. The van der Waals surface area contributed by atoms with Crippen molar-refractivity contribution in [2.24, 2.45) is 11.8 Å². The number of carbonyl (C=O) groups is 1. The molecule has 2 rings (SSSR count). The van der Waals surface area contributed by atoms with Crippen LogP contribution in [0.5, 0.6) is 0 Å². The monoisotopic (exact) mass is 275 g/mol. The van der Waals surface area contributed by atoms with Gasteiger partial charge in [-0.25, -0.2) is 0 Å². The second-order valence-electron chi connectivity index (χ2n) is 5.99. The highest BCUT2D eigenvalue weighted by atomic mass is 16.5. The molecule has 0 N–H and O–H groups in total. The molecule has 110 valence electrons. The van der Waals surface area contributed by atoms with E-state index >= 15 is 0 Å². The molecule has 1 aliphatic heterocycles. The molecule has 3 heteroatoms. The Labute approximate surface area is 121 Å². The summed E-state index contributed by atoms with van der Waals surface area (Å²) >= 11 is 0. The minimum Gasteiger partial charge on any atom is -0.458 e. The summed E-state index contributed by atoms with van der Waals surface area (Å²) in [7, 11) is 0. The van der Waals surface area contributed by atoms with Crippen molar-refractivity contribution in [3.8, 4) is 0 Å². The largest absolute Gasteiger partial charge is 0.458 e. The van der Waals surface area contributed by atoms with Crippen LogP contribution in [0.15, 0.2) is 30.3 Å². The number of rotatable bonds is 6. The molecule has 0 radical (unpaired) electrons. The predicted molar refractivity (Wildman–Crippen MR) is 80.3 cm³/mol. The maximum atomic E-state index is 12.4. The number of hydrogen-bond acceptors (Lipinski definition) is 3. The Balaban J connectivity index is 1.93. The molecular formula is C17H25NO2. The number of likely N-dealkylation sites (tertiary alicyclic amines) is 1. The molecular weight excluding hydrogens is 250 g/mol. The van der Waals surface area contributed by atoms with Crippen LogP contribution in [0.3, 0.4) is 0 Å². The smallest absolute Gasteiger partial charge is 0.311 e. The molecule has 2 atom stereocenters. The first-order valence-corrected chi connectivity index (χ1v) is 7.55. The summed E-state index contributed by atoms with van der Waals surface area (Å²) in [5.41, 5.74) is 1.05. The minimum absolute atomic E-state index is 0.0264. The third-order valence-electron chi connectivity index (χ3n) is 4.07. The number of ether oxygens (including phenoxy) is 1. The van der Waals surface area contributed by atoms with E-state index in [0.29, 0.717) is 5.92 Å². The van der Waals surface area contributed by atoms with E-state index in [0.717, 1.165) is 25.2 Å². The molecule has 20 heavy (non-hydrogen) atoms. The molecule has 1 saturated heterocycles. The highest BCUT2D eigenvalue weighted by Crippen LogP contribution is 2.23. The van der Waals surface area contributed by atoms with Crippen molar-refractivity contribution in [2.45, 2.75) is 33.3 Å². The van der Waals surface area contributed by atoms with Crippen LogP contribution in [0.4, 0.5) is 0 Å². The van der Waals surface area contributed by atoms with Gasteiger partial charge >= 0.3 is 5.97 Å². The minimum atomic E-state index is -0.179. The molecule has 1 aliphatic rings. The predicted octanol–water partition coefficient (Wildman–Crippen LogP) is 3.27. The summed E-state index contributed by atoms with van der Waals surface area (Å²) in [5, 5.41) is 0. The first kappa shape index (κ1) is 15.0. The molecule has 1 aromatic carbocycles. The van der Waals surface area contributed by atoms with Gasteiger partial charge in [0, 0.05) is 6.54 Å². The van der Waals surface area contributed by atoms with Crippen molar-refractivity contribution in [3.63, 3.8) is 0 Å². The normalized spacial score (nSPS) is 18.4. The maximum absolute atomic E-state index is 12.4. The molecule has 0 aromatic heterocycles. The van der Waals surface area contributed by atoms with Gasteiger partial charge in [0.05, 0.1) is 5.92 Å². The first-order chi connectivity index (χ1) is 9.58. The first-order valence-electron chi connectivity index (χ1n) is 7.55. The van der Waals surface area contributed by atoms with Crippen LogP contribution < -0.4 is 0 Å². The van der Waals surface area contributed by atoms with Gasteiger partial charge in [-0.1, -0.05) is 44.2 Å². The van der Waals surface area contributed by atoms with Crippen molar-refractivity contribution < 1.29 is 9.53 Å². The third-order valence-corrected chi connectivity index (χ3v) is 4.07. The molecule has 0 amide bonds. The lowest BCUT2D eigenvalue weighted by molar-refractivity contribution is -0.156. The van der Waals surface area contributed by atoms with Crippen LogP contribution in [0.1, 0.15) is 38.9 Å². The summed E-state index contributed by atoms with van der Waals surface area (Å²) in [5.74, 6) is 0.218. The Hall–Kier alpha value is -1.35. The molecule has 1 unspecified atom stereocenters. The van der Waals surface area contributed by atoms with E-state index in [1.807, 2.05) is 37.3 Å². The van der Waals surface area contributed by atoms with E-state index in [1.165, 1.54) is 6.42 Å². The zero-order chi connectivity index (χ0) is 14.5. The Morgan fingerprint density at radius 1 is 1.20 bits per heavy atom. The van der Waals surface area contributed by atoms with Gasteiger partial charge in [0.15, 0.2) is 0 Å². The zero-order valence-electron chi connectivity index (χ0n) is 12.7. The van der Waals surface area contributed by atoms with Gasteiger partial charge < -0.3 is 9.64 Å². The molecule has 1 fully saturated rings. The Kier molecular flexibility index (Phi) is 5.18. The van der Waals surface area contributed by atoms with Gasteiger partial charge in [0.2, 0.25) is 0 Å². The van der Waals surface area contributed by atoms with Crippen LogP contribution in [0.2, 0.25) is 0 Å². The summed E-state index contributed by atoms with van der Waals surface area (Å²) in [6.45, 7) is 9.19. The SMILES string of the molecule is CC(C)C(CN1CCC1)C(=O)O[C@@H](C)c1ccccc1. The third kappa shape index (κ3) is 3.83. The van der Waals surface area contributed by atoms with E-state index in [4.69, 9.17) is 4.74 Å². The van der Waals surface area contributed by atoms with Gasteiger partial charge in [-0.3, -0.25) is 4.79 Å². The van der Waals surface area contributed by atoms with Crippen LogP contribution in [0, 0.1) is 11.8 Å². The molecule has 1 heterocycles. The fraction of sp³-hybridized carbons (Fsp3) is 0.588. The second kappa shape index (κ2) is 6.89. The van der Waals surface area contributed by atoms with Crippen molar-refractivity contribution in [3.05, 3.63) is 35.9 Å². The Morgan fingerprint density at radius 2 is 1.85 bits per heavy atom. The number of hydrogen-bond donors (Lipinski definition) is 0. The van der Waals surface area contributed by atoms with Crippen molar-refractivity contribution in [1.82, 2.24) is 4.90 Å². The van der Waals surface area contributed by atoms with Crippen molar-refractivity contribution in [1.29, 1.82) is 0 Å². The number of nitrogens with zero attached hydrogens (tertiary/aromatic N) is 1. The second-order valence-corrected chi connectivity index (χ2v) is 5.99. The van der Waals surface area contributed by atoms with Crippen molar-refractivity contribution in [2.75, 3.05) is 19.6 Å². The van der Waals surface area contributed by atoms with Crippen LogP contribution in [0.25, 0.3) is 0 Å². The lowest BCUT2D eigenvalue weighted by Crippen LogP contribution is -2.44. The van der Waals surface area contributed by atoms with Crippen LogP contribution in [-0.2, 0) is 9.53 Å². The lowest BCUT2D eigenvalue weighted by atomic mass is 9.94. The molecule has 0 saturated carbocycles. The van der Waals surface area contributed by atoms with Gasteiger partial charge in [-0.2, -0.15) is 0 Å². The molecule has 0 spiro atoms. The fourth-order valence-corrected chi connectivity index (χ4v) is 2.45. The average Bonchev–Trinajstić information content (AvgIpc) is 2.37. The van der Waals surface area contributed by atoms with Gasteiger partial charge in [-0.15, -0.1) is 0 Å². The standard InChI is InChI=1S/C17H25NO2/c1-13(2)16(12-18-10-7-11-18)17(19)20-14(3)15-8-5-4-6-9-15/h4-6,8-9,13-14,16H,7,10-12H2,1-3H3/t14-,16?/m0/s1. The topological polar surface area (TPSA) is 29.5 Å². The van der Waals surface area contributed by atoms with Crippen molar-refractivity contribution >= 4 is 5.97 Å². The molecule has 0 aliphatic carbocycles. The number of carbonyl (C=O) groups excluding carboxylic acids is 1. The highest BCUT2D eigenvalue weighted by Gasteiger charge is 2.29. The summed E-state index contributed by atoms with van der Waals surface area (Å²) in [6.07, 6.45) is 1.07. The number of esters is 1. The molecule has 0 bridgehead atoms.